The van der Waals surface area contributed by atoms with Gasteiger partial charge in [-0.25, -0.2) is 4.98 Å². The predicted molar refractivity (Wildman–Crippen MR) is 80.2 cm³/mol. The molecule has 0 unspecified atom stereocenters. The second kappa shape index (κ2) is 6.89. The van der Waals surface area contributed by atoms with Crippen molar-refractivity contribution in [2.75, 3.05) is 5.32 Å². The lowest BCUT2D eigenvalue weighted by molar-refractivity contribution is -0.0498. The molecule has 0 aliphatic heterocycles. The largest absolute Gasteiger partial charge is 0.431 e. The summed E-state index contributed by atoms with van der Waals surface area (Å²) in [6.07, 6.45) is 1.52. The van der Waals surface area contributed by atoms with Gasteiger partial charge in [0.2, 0.25) is 0 Å². The van der Waals surface area contributed by atoms with Crippen LogP contribution in [-0.4, -0.2) is 11.6 Å². The van der Waals surface area contributed by atoms with Crippen molar-refractivity contribution in [1.82, 2.24) is 4.98 Å². The smallest absolute Gasteiger partial charge is 0.387 e. The lowest BCUT2D eigenvalue weighted by Gasteiger charge is -2.14. The number of nitrogens with zero attached hydrogens (tertiary/aromatic N) is 1. The van der Waals surface area contributed by atoms with Crippen molar-refractivity contribution in [3.63, 3.8) is 0 Å². The van der Waals surface area contributed by atoms with Gasteiger partial charge in [0.1, 0.15) is 9.34 Å². The Morgan fingerprint density at radius 1 is 1.40 bits per heavy atom. The lowest BCUT2D eigenvalue weighted by atomic mass is 10.3. The maximum atomic E-state index is 12.4. The maximum absolute atomic E-state index is 12.4. The molecule has 3 nitrogen and oxygen atoms in total. The Hall–Kier alpha value is -0.630. The van der Waals surface area contributed by atoms with E-state index in [0.29, 0.717) is 31.1 Å². The van der Waals surface area contributed by atoms with E-state index in [9.17, 15) is 8.78 Å². The van der Waals surface area contributed by atoms with Crippen molar-refractivity contribution >= 4 is 56.2 Å². The van der Waals surface area contributed by atoms with Gasteiger partial charge in [0.15, 0.2) is 5.75 Å². The van der Waals surface area contributed by atoms with Crippen molar-refractivity contribution in [2.45, 2.75) is 13.2 Å². The van der Waals surface area contributed by atoms with Crippen LogP contribution in [0.1, 0.15) is 5.01 Å². The summed E-state index contributed by atoms with van der Waals surface area (Å²) in [6, 6.07) is 2.98. The summed E-state index contributed by atoms with van der Waals surface area (Å²) in [5, 5.41) is 4.05. The monoisotopic (exact) mass is 402 g/mol. The SMILES string of the molecule is FC(F)Oc1c(Br)cc(Cl)cc1NCc1ncc(Cl)s1. The first-order valence-electron chi connectivity index (χ1n) is 5.23. The van der Waals surface area contributed by atoms with Gasteiger partial charge in [-0.1, -0.05) is 23.2 Å². The van der Waals surface area contributed by atoms with Crippen LogP contribution in [0.3, 0.4) is 0 Å². The molecule has 0 saturated heterocycles. The van der Waals surface area contributed by atoms with E-state index in [-0.39, 0.29) is 5.75 Å². The van der Waals surface area contributed by atoms with E-state index in [1.165, 1.54) is 29.7 Å². The molecule has 2 aromatic rings. The second-order valence-electron chi connectivity index (χ2n) is 3.55. The molecule has 108 valence electrons. The first-order valence-corrected chi connectivity index (χ1v) is 7.60. The Kier molecular flexibility index (Phi) is 5.42. The number of benzene rings is 1. The lowest BCUT2D eigenvalue weighted by Crippen LogP contribution is -2.07. The van der Waals surface area contributed by atoms with Crippen LogP contribution in [0.2, 0.25) is 9.36 Å². The fraction of sp³-hybridized carbons (Fsp3) is 0.182. The summed E-state index contributed by atoms with van der Waals surface area (Å²) in [5.74, 6) is -0.00736. The number of hydrogen-bond donors (Lipinski definition) is 1. The number of aromatic nitrogens is 1. The first kappa shape index (κ1) is 15.8. The molecule has 0 bridgehead atoms. The highest BCUT2D eigenvalue weighted by Gasteiger charge is 2.15. The highest BCUT2D eigenvalue weighted by Crippen LogP contribution is 2.38. The Labute approximate surface area is 136 Å². The van der Waals surface area contributed by atoms with Crippen LogP contribution in [0, 0.1) is 0 Å². The van der Waals surface area contributed by atoms with Gasteiger partial charge in [0.25, 0.3) is 0 Å². The molecule has 0 aliphatic rings. The summed E-state index contributed by atoms with van der Waals surface area (Å²) in [5.41, 5.74) is 0.344. The molecular formula is C11H7BrCl2F2N2OS. The minimum atomic E-state index is -2.93. The van der Waals surface area contributed by atoms with Crippen LogP contribution < -0.4 is 10.1 Å². The minimum absolute atomic E-state index is 0.00736. The zero-order chi connectivity index (χ0) is 14.7. The van der Waals surface area contributed by atoms with Crippen LogP contribution in [0.15, 0.2) is 22.8 Å². The normalized spacial score (nSPS) is 10.9. The number of ether oxygens (including phenoxy) is 1. The van der Waals surface area contributed by atoms with E-state index in [1.807, 2.05) is 0 Å². The zero-order valence-electron chi connectivity index (χ0n) is 9.67. The third-order valence-corrected chi connectivity index (χ3v) is 4.09. The Balaban J connectivity index is 2.20. The molecule has 0 atom stereocenters. The molecule has 0 radical (unpaired) electrons. The molecule has 0 spiro atoms. The highest BCUT2D eigenvalue weighted by atomic mass is 79.9. The van der Waals surface area contributed by atoms with Gasteiger partial charge in [0, 0.05) is 5.02 Å². The van der Waals surface area contributed by atoms with E-state index in [4.69, 9.17) is 23.2 Å². The van der Waals surface area contributed by atoms with E-state index in [1.54, 1.807) is 0 Å². The van der Waals surface area contributed by atoms with Gasteiger partial charge in [-0.15, -0.1) is 11.3 Å². The van der Waals surface area contributed by atoms with E-state index < -0.39 is 6.61 Å². The molecule has 1 aromatic carbocycles. The van der Waals surface area contributed by atoms with Crippen molar-refractivity contribution in [2.24, 2.45) is 0 Å². The van der Waals surface area contributed by atoms with E-state index in [2.05, 4.69) is 31.0 Å². The molecule has 0 aliphatic carbocycles. The molecule has 1 aromatic heterocycles. The van der Waals surface area contributed by atoms with Crippen LogP contribution in [-0.2, 0) is 6.54 Å². The maximum Gasteiger partial charge on any atom is 0.387 e. The first-order chi connectivity index (χ1) is 9.45. The summed E-state index contributed by atoms with van der Waals surface area (Å²) in [4.78, 5) is 4.06. The summed E-state index contributed by atoms with van der Waals surface area (Å²) >= 11 is 16.1. The van der Waals surface area contributed by atoms with Crippen molar-refractivity contribution in [1.29, 1.82) is 0 Å². The van der Waals surface area contributed by atoms with Crippen LogP contribution >= 0.6 is 50.5 Å². The zero-order valence-corrected chi connectivity index (χ0v) is 13.6. The van der Waals surface area contributed by atoms with Gasteiger partial charge in [-0.05, 0) is 28.1 Å². The Morgan fingerprint density at radius 2 is 2.15 bits per heavy atom. The minimum Gasteiger partial charge on any atom is -0.431 e. The predicted octanol–water partition coefficient (Wildman–Crippen LogP) is 5.43. The molecule has 0 saturated carbocycles. The summed E-state index contributed by atoms with van der Waals surface area (Å²) in [7, 11) is 0. The van der Waals surface area contributed by atoms with E-state index >= 15 is 0 Å². The van der Waals surface area contributed by atoms with Gasteiger partial charge in [0.05, 0.1) is 22.9 Å². The summed E-state index contributed by atoms with van der Waals surface area (Å²) in [6.45, 7) is -2.61. The number of thiazole rings is 1. The fourth-order valence-electron chi connectivity index (χ4n) is 1.44. The molecule has 20 heavy (non-hydrogen) atoms. The fourth-order valence-corrected chi connectivity index (χ4v) is 3.24. The second-order valence-corrected chi connectivity index (χ2v) is 6.59. The number of nitrogens with one attached hydrogen (secondary N) is 1. The Bertz CT molecular complexity index is 612. The number of rotatable bonds is 5. The molecule has 0 amide bonds. The Morgan fingerprint density at radius 3 is 2.75 bits per heavy atom. The quantitative estimate of drug-likeness (QED) is 0.723. The average Bonchev–Trinajstić information content (AvgIpc) is 2.76. The van der Waals surface area contributed by atoms with Crippen LogP contribution in [0.25, 0.3) is 0 Å². The van der Waals surface area contributed by atoms with Gasteiger partial charge in [-0.3, -0.25) is 0 Å². The topological polar surface area (TPSA) is 34.1 Å². The van der Waals surface area contributed by atoms with Crippen LogP contribution in [0.5, 0.6) is 5.75 Å². The van der Waals surface area contributed by atoms with Crippen molar-refractivity contribution < 1.29 is 13.5 Å². The molecule has 9 heteroatoms. The summed E-state index contributed by atoms with van der Waals surface area (Å²) < 4.78 is 30.2. The van der Waals surface area contributed by atoms with Gasteiger partial charge in [-0.2, -0.15) is 8.78 Å². The number of hydrogen-bond acceptors (Lipinski definition) is 4. The highest BCUT2D eigenvalue weighted by molar-refractivity contribution is 9.10. The van der Waals surface area contributed by atoms with Gasteiger partial charge >= 0.3 is 6.61 Å². The molecule has 2 rings (SSSR count). The molecule has 0 fully saturated rings. The third-order valence-electron chi connectivity index (χ3n) is 2.17. The standard InChI is InChI=1S/C11H7BrCl2F2N2OS/c12-6-1-5(13)2-7(10(6)19-11(15)16)17-4-9-18-3-8(14)20-9/h1-3,11,17H,4H2. The molecule has 1 heterocycles. The van der Waals surface area contributed by atoms with Crippen molar-refractivity contribution in [3.05, 3.63) is 37.2 Å². The van der Waals surface area contributed by atoms with Crippen LogP contribution in [0.4, 0.5) is 14.5 Å². The van der Waals surface area contributed by atoms with E-state index in [0.717, 1.165) is 0 Å². The molecule has 1 N–H and O–H groups in total. The van der Waals surface area contributed by atoms with Crippen molar-refractivity contribution in [3.8, 4) is 5.75 Å². The number of halogens is 5. The number of alkyl halides is 2. The number of anilines is 1. The average molecular weight is 404 g/mol. The van der Waals surface area contributed by atoms with Gasteiger partial charge < -0.3 is 10.1 Å². The third kappa shape index (κ3) is 4.18. The molecular weight excluding hydrogens is 397 g/mol.